The van der Waals surface area contributed by atoms with E-state index in [1.54, 1.807) is 13.8 Å². The van der Waals surface area contributed by atoms with Crippen molar-refractivity contribution in [3.8, 4) is 0 Å². The van der Waals surface area contributed by atoms with Gasteiger partial charge in [0.25, 0.3) is 0 Å². The van der Waals surface area contributed by atoms with Gasteiger partial charge in [-0.25, -0.2) is 4.79 Å². The summed E-state index contributed by atoms with van der Waals surface area (Å²) < 4.78 is 5.32. The summed E-state index contributed by atoms with van der Waals surface area (Å²) in [6.45, 7) is 6.22. The first-order chi connectivity index (χ1) is 8.60. The molecule has 104 valence electrons. The number of amides is 3. The fourth-order valence-electron chi connectivity index (χ4n) is 1.95. The highest BCUT2D eigenvalue weighted by atomic mass is 16.5. The topological polar surface area (TPSA) is 96.7 Å². The van der Waals surface area contributed by atoms with E-state index in [0.717, 1.165) is 0 Å². The van der Waals surface area contributed by atoms with Crippen LogP contribution >= 0.6 is 0 Å². The number of nitrogens with zero attached hydrogens (tertiary/aromatic N) is 1. The zero-order valence-electron chi connectivity index (χ0n) is 10.9. The van der Waals surface area contributed by atoms with Gasteiger partial charge >= 0.3 is 6.03 Å². The molecule has 0 spiro atoms. The molecule has 18 heavy (non-hydrogen) atoms. The molecule has 0 aromatic heterocycles. The molecular weight excluding hydrogens is 236 g/mol. The number of morpholine rings is 1. The second-order valence-corrected chi connectivity index (χ2v) is 4.23. The number of hydrogen-bond donors (Lipinski definition) is 3. The molecule has 0 aliphatic carbocycles. The van der Waals surface area contributed by atoms with E-state index in [4.69, 9.17) is 10.5 Å². The smallest absolute Gasteiger partial charge is 0.321 e. The lowest BCUT2D eigenvalue weighted by Gasteiger charge is -2.38. The Balaban J connectivity index is 2.53. The Hall–Kier alpha value is -1.18. The van der Waals surface area contributed by atoms with Crippen molar-refractivity contribution >= 4 is 11.9 Å². The van der Waals surface area contributed by atoms with Crippen LogP contribution in [0.25, 0.3) is 0 Å². The van der Waals surface area contributed by atoms with E-state index in [1.807, 2.05) is 4.90 Å². The maximum absolute atomic E-state index is 11.9. The molecule has 3 amide bonds. The standard InChI is InChI=1S/C11H22N4O3/c1-3-13-11(17)14-10(16)8(2)15-4-5-18-7-9(15)6-12/h8-9H,3-7,12H2,1-2H3,(H2,13,14,16,17). The van der Waals surface area contributed by atoms with Crippen LogP contribution in [0, 0.1) is 0 Å². The number of imide groups is 1. The lowest BCUT2D eigenvalue weighted by molar-refractivity contribution is -0.128. The van der Waals surface area contributed by atoms with Crippen molar-refractivity contribution in [2.24, 2.45) is 5.73 Å². The molecule has 2 atom stereocenters. The van der Waals surface area contributed by atoms with Gasteiger partial charge in [0.05, 0.1) is 19.3 Å². The molecule has 0 radical (unpaired) electrons. The predicted octanol–water partition coefficient (Wildman–Crippen LogP) is -1.12. The van der Waals surface area contributed by atoms with Crippen LogP contribution in [0.1, 0.15) is 13.8 Å². The molecule has 1 saturated heterocycles. The van der Waals surface area contributed by atoms with Gasteiger partial charge in [-0.2, -0.15) is 0 Å². The number of carbonyl (C=O) groups excluding carboxylic acids is 2. The SMILES string of the molecule is CCNC(=O)NC(=O)C(C)N1CCOCC1CN. The van der Waals surface area contributed by atoms with Crippen molar-refractivity contribution in [3.05, 3.63) is 0 Å². The van der Waals surface area contributed by atoms with Gasteiger partial charge in [-0.15, -0.1) is 0 Å². The second-order valence-electron chi connectivity index (χ2n) is 4.23. The molecular formula is C11H22N4O3. The highest BCUT2D eigenvalue weighted by Gasteiger charge is 2.30. The number of carbonyl (C=O) groups is 2. The van der Waals surface area contributed by atoms with Gasteiger partial charge < -0.3 is 15.8 Å². The highest BCUT2D eigenvalue weighted by Crippen LogP contribution is 2.10. The van der Waals surface area contributed by atoms with Crippen molar-refractivity contribution in [1.29, 1.82) is 0 Å². The third-order valence-corrected chi connectivity index (χ3v) is 3.00. The van der Waals surface area contributed by atoms with Crippen molar-refractivity contribution in [2.75, 3.05) is 32.8 Å². The van der Waals surface area contributed by atoms with Crippen LogP contribution in [0.4, 0.5) is 4.79 Å². The van der Waals surface area contributed by atoms with Crippen molar-refractivity contribution in [2.45, 2.75) is 25.9 Å². The van der Waals surface area contributed by atoms with E-state index in [9.17, 15) is 9.59 Å². The molecule has 7 nitrogen and oxygen atoms in total. The molecule has 1 heterocycles. The van der Waals surface area contributed by atoms with E-state index < -0.39 is 12.1 Å². The van der Waals surface area contributed by atoms with E-state index in [0.29, 0.717) is 32.8 Å². The molecule has 4 N–H and O–H groups in total. The van der Waals surface area contributed by atoms with Gasteiger partial charge in [-0.05, 0) is 13.8 Å². The molecule has 1 rings (SSSR count). The lowest BCUT2D eigenvalue weighted by Crippen LogP contribution is -2.58. The first-order valence-corrected chi connectivity index (χ1v) is 6.22. The quantitative estimate of drug-likeness (QED) is 0.593. The van der Waals surface area contributed by atoms with E-state index in [-0.39, 0.29) is 11.9 Å². The summed E-state index contributed by atoms with van der Waals surface area (Å²) in [5.41, 5.74) is 5.65. The molecule has 0 aromatic carbocycles. The van der Waals surface area contributed by atoms with Crippen molar-refractivity contribution < 1.29 is 14.3 Å². The van der Waals surface area contributed by atoms with Crippen LogP contribution in [0.15, 0.2) is 0 Å². The highest BCUT2D eigenvalue weighted by molar-refractivity contribution is 5.96. The fourth-order valence-corrected chi connectivity index (χ4v) is 1.95. The average molecular weight is 258 g/mol. The van der Waals surface area contributed by atoms with Crippen LogP contribution < -0.4 is 16.4 Å². The van der Waals surface area contributed by atoms with Crippen molar-refractivity contribution in [3.63, 3.8) is 0 Å². The third-order valence-electron chi connectivity index (χ3n) is 3.00. The minimum absolute atomic E-state index is 0.0220. The van der Waals surface area contributed by atoms with Crippen LogP contribution in [0.3, 0.4) is 0 Å². The zero-order chi connectivity index (χ0) is 13.5. The molecule has 0 bridgehead atoms. The first-order valence-electron chi connectivity index (χ1n) is 6.22. The number of nitrogens with one attached hydrogen (secondary N) is 2. The van der Waals surface area contributed by atoms with E-state index >= 15 is 0 Å². The maximum atomic E-state index is 11.9. The summed E-state index contributed by atoms with van der Waals surface area (Å²) in [6.07, 6.45) is 0. The fraction of sp³-hybridized carbons (Fsp3) is 0.818. The van der Waals surface area contributed by atoms with Crippen molar-refractivity contribution in [1.82, 2.24) is 15.5 Å². The second kappa shape index (κ2) is 7.30. The molecule has 2 unspecified atom stereocenters. The summed E-state index contributed by atoms with van der Waals surface area (Å²) in [4.78, 5) is 25.1. The van der Waals surface area contributed by atoms with Gasteiger partial charge in [0.1, 0.15) is 0 Å². The van der Waals surface area contributed by atoms with Gasteiger partial charge in [0.15, 0.2) is 0 Å². The van der Waals surface area contributed by atoms with E-state index in [2.05, 4.69) is 10.6 Å². The molecule has 1 fully saturated rings. The molecule has 1 aliphatic heterocycles. The summed E-state index contributed by atoms with van der Waals surface area (Å²) in [5, 5.41) is 4.83. The minimum Gasteiger partial charge on any atom is -0.378 e. The van der Waals surface area contributed by atoms with Gasteiger partial charge in [0.2, 0.25) is 5.91 Å². The Bertz CT molecular complexity index is 298. The molecule has 7 heteroatoms. The molecule has 0 saturated carbocycles. The number of hydrogen-bond acceptors (Lipinski definition) is 5. The van der Waals surface area contributed by atoms with E-state index in [1.165, 1.54) is 0 Å². The maximum Gasteiger partial charge on any atom is 0.321 e. The predicted molar refractivity (Wildman–Crippen MR) is 67.0 cm³/mol. The third kappa shape index (κ3) is 3.94. The Kier molecular flexibility index (Phi) is 6.03. The number of urea groups is 1. The summed E-state index contributed by atoms with van der Waals surface area (Å²) in [5.74, 6) is -0.318. The largest absolute Gasteiger partial charge is 0.378 e. The molecule has 1 aliphatic rings. The normalized spacial score (nSPS) is 22.3. The summed E-state index contributed by atoms with van der Waals surface area (Å²) >= 11 is 0. The first kappa shape index (κ1) is 14.9. The summed E-state index contributed by atoms with van der Waals surface area (Å²) in [6, 6.07) is -0.842. The number of ether oxygens (including phenoxy) is 1. The van der Waals surface area contributed by atoms with Crippen LogP contribution in [0.5, 0.6) is 0 Å². The average Bonchev–Trinajstić information content (AvgIpc) is 2.38. The zero-order valence-corrected chi connectivity index (χ0v) is 10.9. The van der Waals surface area contributed by atoms with Crippen LogP contribution in [-0.2, 0) is 9.53 Å². The summed E-state index contributed by atoms with van der Waals surface area (Å²) in [7, 11) is 0. The number of rotatable bonds is 4. The Morgan fingerprint density at radius 3 is 2.89 bits per heavy atom. The lowest BCUT2D eigenvalue weighted by atomic mass is 10.1. The monoisotopic (exact) mass is 258 g/mol. The van der Waals surface area contributed by atoms with Crippen LogP contribution in [-0.4, -0.2) is 61.8 Å². The molecule has 0 aromatic rings. The minimum atomic E-state index is -0.466. The number of nitrogens with two attached hydrogens (primary N) is 1. The van der Waals surface area contributed by atoms with Gasteiger partial charge in [0, 0.05) is 25.7 Å². The Labute approximate surface area is 107 Å². The van der Waals surface area contributed by atoms with Crippen LogP contribution in [0.2, 0.25) is 0 Å². The van der Waals surface area contributed by atoms with Gasteiger partial charge in [-0.1, -0.05) is 0 Å². The Morgan fingerprint density at radius 1 is 1.56 bits per heavy atom. The van der Waals surface area contributed by atoms with Gasteiger partial charge in [-0.3, -0.25) is 15.0 Å². The Morgan fingerprint density at radius 2 is 2.28 bits per heavy atom.